The first kappa shape index (κ1) is 18.2. The molecule has 1 aliphatic heterocycles. The third-order valence-electron chi connectivity index (χ3n) is 5.30. The molecule has 28 heavy (non-hydrogen) atoms. The third kappa shape index (κ3) is 3.63. The lowest BCUT2D eigenvalue weighted by Gasteiger charge is -2.24. The lowest BCUT2D eigenvalue weighted by molar-refractivity contribution is -0.135. The standard InChI is InChI=1S/C22H22FN3O2/c23-18-7-3-1-5-16(18)14-26-20(9-10-21(26)27)22(28)24-12-11-15-13-25-19-8-4-2-6-17(15)19/h1-8,13,20,25H,9-12,14H2,(H,24,28). The number of hydrogen-bond donors (Lipinski definition) is 2. The molecule has 1 aliphatic rings. The van der Waals surface area contributed by atoms with Crippen molar-refractivity contribution >= 4 is 22.7 Å². The van der Waals surface area contributed by atoms with Gasteiger partial charge in [-0.2, -0.15) is 0 Å². The predicted octanol–water partition coefficient (Wildman–Crippen LogP) is 3.16. The second-order valence-corrected chi connectivity index (χ2v) is 7.07. The Morgan fingerprint density at radius 3 is 2.79 bits per heavy atom. The number of nitrogens with one attached hydrogen (secondary N) is 2. The van der Waals surface area contributed by atoms with Gasteiger partial charge >= 0.3 is 0 Å². The largest absolute Gasteiger partial charge is 0.361 e. The first-order valence-corrected chi connectivity index (χ1v) is 9.49. The number of halogens is 1. The van der Waals surface area contributed by atoms with Gasteiger partial charge < -0.3 is 15.2 Å². The summed E-state index contributed by atoms with van der Waals surface area (Å²) in [6.45, 7) is 0.602. The molecule has 2 aromatic carbocycles. The van der Waals surface area contributed by atoms with Crippen molar-refractivity contribution in [3.8, 4) is 0 Å². The highest BCUT2D eigenvalue weighted by molar-refractivity contribution is 5.91. The summed E-state index contributed by atoms with van der Waals surface area (Å²) < 4.78 is 13.9. The predicted molar refractivity (Wildman–Crippen MR) is 105 cm³/mol. The van der Waals surface area contributed by atoms with Gasteiger partial charge in [-0.05, 0) is 30.5 Å². The fourth-order valence-electron chi connectivity index (χ4n) is 3.79. The molecule has 2 N–H and O–H groups in total. The Morgan fingerprint density at radius 2 is 1.93 bits per heavy atom. The lowest BCUT2D eigenvalue weighted by atomic mass is 10.1. The summed E-state index contributed by atoms with van der Waals surface area (Å²) in [5, 5.41) is 4.09. The Labute approximate surface area is 162 Å². The van der Waals surface area contributed by atoms with Crippen molar-refractivity contribution in [3.63, 3.8) is 0 Å². The van der Waals surface area contributed by atoms with Crippen LogP contribution in [0.1, 0.15) is 24.0 Å². The number of nitrogens with zero attached hydrogens (tertiary/aromatic N) is 1. The Bertz CT molecular complexity index is 1010. The maximum absolute atomic E-state index is 13.9. The number of H-pyrrole nitrogens is 1. The maximum Gasteiger partial charge on any atom is 0.242 e. The number of aromatic amines is 1. The first-order valence-electron chi connectivity index (χ1n) is 9.49. The van der Waals surface area contributed by atoms with Crippen LogP contribution in [0.2, 0.25) is 0 Å². The Kier molecular flexibility index (Phi) is 5.10. The van der Waals surface area contributed by atoms with E-state index in [0.717, 1.165) is 16.5 Å². The molecule has 2 heterocycles. The van der Waals surface area contributed by atoms with Gasteiger partial charge in [-0.1, -0.05) is 36.4 Å². The van der Waals surface area contributed by atoms with Crippen molar-refractivity contribution in [1.29, 1.82) is 0 Å². The van der Waals surface area contributed by atoms with Crippen LogP contribution in [0, 0.1) is 5.82 Å². The summed E-state index contributed by atoms with van der Waals surface area (Å²) in [6.07, 6.45) is 3.44. The molecular weight excluding hydrogens is 357 g/mol. The van der Waals surface area contributed by atoms with Gasteiger partial charge in [-0.25, -0.2) is 4.39 Å². The molecule has 1 saturated heterocycles. The van der Waals surface area contributed by atoms with Gasteiger partial charge in [-0.15, -0.1) is 0 Å². The van der Waals surface area contributed by atoms with E-state index < -0.39 is 6.04 Å². The highest BCUT2D eigenvalue weighted by atomic mass is 19.1. The number of carbonyl (C=O) groups is 2. The number of rotatable bonds is 6. The summed E-state index contributed by atoms with van der Waals surface area (Å²) in [6, 6.07) is 13.8. The van der Waals surface area contributed by atoms with Gasteiger partial charge in [0.2, 0.25) is 11.8 Å². The Hall–Kier alpha value is -3.15. The van der Waals surface area contributed by atoms with Gasteiger partial charge in [0.25, 0.3) is 0 Å². The summed E-state index contributed by atoms with van der Waals surface area (Å²) in [5.41, 5.74) is 2.64. The number of para-hydroxylation sites is 1. The fourth-order valence-corrected chi connectivity index (χ4v) is 3.79. The number of aromatic nitrogens is 1. The zero-order valence-corrected chi connectivity index (χ0v) is 15.5. The van der Waals surface area contributed by atoms with Crippen LogP contribution in [0.25, 0.3) is 10.9 Å². The summed E-state index contributed by atoms with van der Waals surface area (Å²) >= 11 is 0. The minimum Gasteiger partial charge on any atom is -0.361 e. The SMILES string of the molecule is O=C(NCCc1c[nH]c2ccccc12)C1CCC(=O)N1Cc1ccccc1F. The number of hydrogen-bond acceptors (Lipinski definition) is 2. The van der Waals surface area contributed by atoms with E-state index in [0.29, 0.717) is 31.4 Å². The molecule has 3 aromatic rings. The quantitative estimate of drug-likeness (QED) is 0.691. The van der Waals surface area contributed by atoms with E-state index in [1.54, 1.807) is 18.2 Å². The molecule has 1 aromatic heterocycles. The van der Waals surface area contributed by atoms with Gasteiger partial charge in [0.1, 0.15) is 11.9 Å². The van der Waals surface area contributed by atoms with Crippen LogP contribution in [-0.4, -0.2) is 34.3 Å². The van der Waals surface area contributed by atoms with E-state index in [-0.39, 0.29) is 24.2 Å². The summed E-state index contributed by atoms with van der Waals surface area (Å²) in [7, 11) is 0. The third-order valence-corrected chi connectivity index (χ3v) is 5.30. The van der Waals surface area contributed by atoms with E-state index in [4.69, 9.17) is 0 Å². The van der Waals surface area contributed by atoms with E-state index in [1.165, 1.54) is 11.0 Å². The van der Waals surface area contributed by atoms with Crippen molar-refractivity contribution in [2.75, 3.05) is 6.54 Å². The van der Waals surface area contributed by atoms with E-state index in [9.17, 15) is 14.0 Å². The topological polar surface area (TPSA) is 65.2 Å². The zero-order chi connectivity index (χ0) is 19.5. The van der Waals surface area contributed by atoms with Crippen molar-refractivity contribution in [3.05, 3.63) is 71.7 Å². The van der Waals surface area contributed by atoms with E-state index >= 15 is 0 Å². The molecule has 0 bridgehead atoms. The highest BCUT2D eigenvalue weighted by Gasteiger charge is 2.36. The minimum absolute atomic E-state index is 0.111. The molecule has 144 valence electrons. The average molecular weight is 379 g/mol. The van der Waals surface area contributed by atoms with Crippen LogP contribution in [0.15, 0.2) is 54.7 Å². The molecule has 5 nitrogen and oxygen atoms in total. The van der Waals surface area contributed by atoms with Crippen LogP contribution in [-0.2, 0) is 22.6 Å². The van der Waals surface area contributed by atoms with Crippen LogP contribution in [0.4, 0.5) is 4.39 Å². The average Bonchev–Trinajstić information content (AvgIpc) is 3.28. The van der Waals surface area contributed by atoms with Crippen LogP contribution in [0.3, 0.4) is 0 Å². The second-order valence-electron chi connectivity index (χ2n) is 7.07. The molecule has 1 fully saturated rings. The number of amides is 2. The first-order chi connectivity index (χ1) is 13.6. The molecule has 0 spiro atoms. The van der Waals surface area contributed by atoms with Crippen molar-refractivity contribution in [2.45, 2.75) is 31.8 Å². The van der Waals surface area contributed by atoms with Crippen LogP contribution < -0.4 is 5.32 Å². The smallest absolute Gasteiger partial charge is 0.242 e. The second kappa shape index (κ2) is 7.84. The van der Waals surface area contributed by atoms with Gasteiger partial charge in [0, 0.05) is 42.2 Å². The highest BCUT2D eigenvalue weighted by Crippen LogP contribution is 2.23. The molecule has 0 radical (unpaired) electrons. The van der Waals surface area contributed by atoms with Crippen molar-refractivity contribution in [2.24, 2.45) is 0 Å². The molecule has 1 atom stereocenters. The van der Waals surface area contributed by atoms with Crippen molar-refractivity contribution < 1.29 is 14.0 Å². The van der Waals surface area contributed by atoms with Gasteiger partial charge in [-0.3, -0.25) is 9.59 Å². The normalized spacial score (nSPS) is 16.7. The molecule has 0 saturated carbocycles. The molecule has 2 amide bonds. The monoisotopic (exact) mass is 379 g/mol. The summed E-state index contributed by atoms with van der Waals surface area (Å²) in [4.78, 5) is 29.6. The molecule has 0 aliphatic carbocycles. The van der Waals surface area contributed by atoms with Gasteiger partial charge in [0.05, 0.1) is 0 Å². The minimum atomic E-state index is -0.546. The molecular formula is C22H22FN3O2. The van der Waals surface area contributed by atoms with E-state index in [2.05, 4.69) is 16.4 Å². The number of fused-ring (bicyclic) bond motifs is 1. The molecule has 6 heteroatoms. The Morgan fingerprint density at radius 1 is 1.14 bits per heavy atom. The fraction of sp³-hybridized carbons (Fsp3) is 0.273. The summed E-state index contributed by atoms with van der Waals surface area (Å²) in [5.74, 6) is -0.650. The molecule has 1 unspecified atom stereocenters. The number of carbonyl (C=O) groups excluding carboxylic acids is 2. The Balaban J connectivity index is 1.38. The maximum atomic E-state index is 13.9. The molecule has 4 rings (SSSR count). The van der Waals surface area contributed by atoms with Gasteiger partial charge in [0.15, 0.2) is 0 Å². The van der Waals surface area contributed by atoms with Crippen LogP contribution >= 0.6 is 0 Å². The van der Waals surface area contributed by atoms with Crippen LogP contribution in [0.5, 0.6) is 0 Å². The number of likely N-dealkylation sites (tertiary alicyclic amines) is 1. The zero-order valence-electron chi connectivity index (χ0n) is 15.5. The number of benzene rings is 2. The van der Waals surface area contributed by atoms with E-state index in [1.807, 2.05) is 24.4 Å². The van der Waals surface area contributed by atoms with Crippen molar-refractivity contribution in [1.82, 2.24) is 15.2 Å². The lowest BCUT2D eigenvalue weighted by Crippen LogP contribution is -2.44.